The van der Waals surface area contributed by atoms with Gasteiger partial charge >= 0.3 is 239 Å². The Morgan fingerprint density at radius 1 is 0.907 bits per heavy atom. The van der Waals surface area contributed by atoms with Crippen molar-refractivity contribution in [3.8, 4) is 0 Å². The molecule has 0 radical (unpaired) electrons. The molecule has 1 unspecified atom stereocenters. The molecule has 0 aromatic heterocycles. The van der Waals surface area contributed by atoms with E-state index in [0.29, 0.717) is 13.0 Å². The van der Waals surface area contributed by atoms with Crippen molar-refractivity contribution in [1.82, 2.24) is 10.2 Å². The van der Waals surface area contributed by atoms with E-state index in [9.17, 15) is 19.2 Å². The number of nitrogens with one attached hydrogen (secondary N) is 1. The maximum atomic E-state index is 13.0. The molecule has 0 bridgehead atoms. The normalized spacial score (nSPS) is 16.8. The third-order valence-electron chi connectivity index (χ3n) is 7.77. The molecule has 1 heterocycles. The summed E-state index contributed by atoms with van der Waals surface area (Å²) in [7, 11) is 0. The number of nitrogens with two attached hydrogens (primary N) is 1. The molecule has 1 aliphatic heterocycles. The van der Waals surface area contributed by atoms with Crippen LogP contribution in [-0.4, -0.2) is 70.0 Å². The Bertz CT molecular complexity index is 1330. The Hall–Kier alpha value is -3.04. The monoisotopic (exact) mass is 685 g/mol. The topological polar surface area (TPSA) is 130 Å². The number of unbranched alkanes of at least 4 members (excludes halogenated alkanes) is 2. The molecule has 0 aliphatic carbocycles. The van der Waals surface area contributed by atoms with Crippen LogP contribution in [0, 0.1) is 0 Å². The van der Waals surface area contributed by atoms with E-state index in [1.165, 1.54) is 20.8 Å². The van der Waals surface area contributed by atoms with Crippen LogP contribution in [0.5, 0.6) is 0 Å². The smallest absolute Gasteiger partial charge is 0.480 e. The number of benzene rings is 3. The van der Waals surface area contributed by atoms with E-state index in [1.54, 1.807) is 0 Å². The van der Waals surface area contributed by atoms with E-state index in [1.807, 2.05) is 18.2 Å². The number of nitrogens with zero attached hydrogens (tertiary/aromatic N) is 1. The number of imide groups is 1. The van der Waals surface area contributed by atoms with E-state index in [0.717, 1.165) is 30.8 Å². The third kappa shape index (κ3) is 7.37. The van der Waals surface area contributed by atoms with Crippen molar-refractivity contribution < 1.29 is 24.3 Å². The molecule has 3 aromatic carbocycles. The van der Waals surface area contributed by atoms with Crippen LogP contribution in [0.3, 0.4) is 0 Å². The summed E-state index contributed by atoms with van der Waals surface area (Å²) in [6, 6.07) is 30.8. The fourth-order valence-corrected chi connectivity index (χ4v) is 14.4. The minimum Gasteiger partial charge on any atom is -0.480 e. The number of halogens is 1. The predicted molar refractivity (Wildman–Crippen MR) is 179 cm³/mol. The summed E-state index contributed by atoms with van der Waals surface area (Å²) in [6.45, 7) is -0.174. The second-order valence-electron chi connectivity index (χ2n) is 10.6. The molecular weight excluding hydrogens is 649 g/mol. The number of amides is 3. The fraction of sp³-hybridized carbons (Fsp3) is 0.312. The minimum atomic E-state index is -3.02. The molecule has 4 rings (SSSR count). The van der Waals surface area contributed by atoms with Gasteiger partial charge in [-0.3, -0.25) is 9.59 Å². The number of carbonyl (C=O) groups is 4. The van der Waals surface area contributed by atoms with E-state index in [4.69, 9.17) is 10.8 Å². The van der Waals surface area contributed by atoms with E-state index >= 15 is 0 Å². The molecule has 0 saturated carbocycles. The van der Waals surface area contributed by atoms with Gasteiger partial charge in [0.2, 0.25) is 0 Å². The first-order valence-electron chi connectivity index (χ1n) is 14.3. The predicted octanol–water partition coefficient (Wildman–Crippen LogP) is 3.39. The number of likely N-dealkylation sites (tertiary alicyclic amines) is 1. The Kier molecular flexibility index (Phi) is 11.2. The summed E-state index contributed by atoms with van der Waals surface area (Å²) in [5, 5.41) is 11.1. The number of hydrogen-bond donors (Lipinski definition) is 3. The molecule has 1 saturated heterocycles. The summed E-state index contributed by atoms with van der Waals surface area (Å²) in [5.41, 5.74) is 5.85. The summed E-state index contributed by atoms with van der Waals surface area (Å²) < 4.78 is 0. The van der Waals surface area contributed by atoms with Crippen LogP contribution in [0.4, 0.5) is 0 Å². The van der Waals surface area contributed by atoms with Crippen molar-refractivity contribution in [2.24, 2.45) is 5.73 Å². The van der Waals surface area contributed by atoms with E-state index in [-0.39, 0.29) is 24.0 Å². The Labute approximate surface area is 264 Å². The van der Waals surface area contributed by atoms with Crippen molar-refractivity contribution in [1.29, 1.82) is 0 Å². The first-order valence-corrected chi connectivity index (χ1v) is 19.7. The van der Waals surface area contributed by atoms with Crippen LogP contribution < -0.4 is 27.0 Å². The molecule has 0 spiro atoms. The van der Waals surface area contributed by atoms with Crippen molar-refractivity contribution in [2.75, 3.05) is 25.0 Å². The average Bonchev–Trinajstić information content (AvgIpc) is 3.31. The minimum absolute atomic E-state index is 0.0705. The zero-order valence-electron chi connectivity index (χ0n) is 23.8. The van der Waals surface area contributed by atoms with Gasteiger partial charge in [0.25, 0.3) is 0 Å². The molecule has 4 N–H and O–H groups in total. The number of aliphatic carboxylic acids is 1. The number of carboxylic acid groups (broad SMARTS) is 1. The first kappa shape index (κ1) is 32.9. The van der Waals surface area contributed by atoms with Crippen LogP contribution in [0.25, 0.3) is 0 Å². The van der Waals surface area contributed by atoms with Gasteiger partial charge in [0.15, 0.2) is 0 Å². The van der Waals surface area contributed by atoms with Gasteiger partial charge in [-0.1, -0.05) is 0 Å². The number of thioether (sulfide) groups is 1. The fourth-order valence-electron chi connectivity index (χ4n) is 5.51. The number of hydrogen-bond acceptors (Lipinski definition) is 6. The molecule has 3 aromatic rings. The number of rotatable bonds is 15. The average molecular weight is 687 g/mol. The van der Waals surface area contributed by atoms with Crippen LogP contribution in [0.15, 0.2) is 91.0 Å². The third-order valence-corrected chi connectivity index (χ3v) is 19.1. The van der Waals surface area contributed by atoms with Gasteiger partial charge in [0.05, 0.1) is 0 Å². The molecule has 1 aliphatic rings. The summed E-state index contributed by atoms with van der Waals surface area (Å²) >= 11 is 5.62. The molecule has 3 amide bonds. The standard InChI is InChI=1S/C32H37BrN3O5PS/c33-42(24-13-5-1-6-14-24,25-15-7-2-8-16-25,26-17-9-3-10-18-26)20-12-4-11-19-36-29(37)21-28(32(36)41)43-23-27(34)31(40)35-22-30(38)39/h1-3,5-10,13-18,27-28H,4,11-12,19-23,34H2,(H,35,40)(H,38,39)/t27-,28?/m0/s1. The van der Waals surface area contributed by atoms with Crippen LogP contribution in [-0.2, 0) is 19.2 Å². The second-order valence-corrected chi connectivity index (χ2v) is 20.9. The molecule has 11 heteroatoms. The van der Waals surface area contributed by atoms with E-state index < -0.39 is 35.0 Å². The van der Waals surface area contributed by atoms with Crippen LogP contribution in [0.2, 0.25) is 0 Å². The van der Waals surface area contributed by atoms with Gasteiger partial charge in [-0.25, -0.2) is 0 Å². The maximum absolute atomic E-state index is 13.0. The summed E-state index contributed by atoms with van der Waals surface area (Å²) in [6.07, 6.45) is 3.35. The SMILES string of the molecule is N[C@@H](CSC1CC(=O)N(CCCCCP(Br)(c2ccccc2)(c2ccccc2)c2ccccc2)C1=O)C(=O)NCC(=O)O. The van der Waals surface area contributed by atoms with Crippen molar-refractivity contribution >= 4 is 72.2 Å². The van der Waals surface area contributed by atoms with Gasteiger partial charge < -0.3 is 10.4 Å². The summed E-state index contributed by atoms with van der Waals surface area (Å²) in [5.74, 6) is -2.14. The van der Waals surface area contributed by atoms with Gasteiger partial charge in [-0.15, -0.1) is 0 Å². The summed E-state index contributed by atoms with van der Waals surface area (Å²) in [4.78, 5) is 49.6. The van der Waals surface area contributed by atoms with Crippen molar-refractivity contribution in [3.63, 3.8) is 0 Å². The Morgan fingerprint density at radius 2 is 1.42 bits per heavy atom. The molecule has 8 nitrogen and oxygen atoms in total. The number of carbonyl (C=O) groups excluding carboxylic acids is 3. The zero-order valence-corrected chi connectivity index (χ0v) is 27.1. The van der Waals surface area contributed by atoms with Crippen molar-refractivity contribution in [2.45, 2.75) is 37.0 Å². The zero-order chi connectivity index (χ0) is 30.9. The quantitative estimate of drug-likeness (QED) is 0.127. The van der Waals surface area contributed by atoms with Crippen LogP contribution in [0.1, 0.15) is 25.7 Å². The van der Waals surface area contributed by atoms with Crippen molar-refractivity contribution in [3.05, 3.63) is 91.0 Å². The number of carboxylic acids is 1. The molecule has 2 atom stereocenters. The molecule has 1 fully saturated rings. The molecular formula is C32H37BrN3O5PS. The van der Waals surface area contributed by atoms with Gasteiger partial charge in [-0.2, -0.15) is 0 Å². The van der Waals surface area contributed by atoms with Gasteiger partial charge in [0, 0.05) is 0 Å². The van der Waals surface area contributed by atoms with Crippen LogP contribution >= 0.6 is 32.6 Å². The Balaban J connectivity index is 1.40. The van der Waals surface area contributed by atoms with E-state index in [2.05, 4.69) is 93.6 Å². The van der Waals surface area contributed by atoms with Gasteiger partial charge in [0.1, 0.15) is 6.54 Å². The Morgan fingerprint density at radius 3 is 1.91 bits per heavy atom. The molecule has 228 valence electrons. The van der Waals surface area contributed by atoms with Gasteiger partial charge in [-0.05, 0) is 0 Å². The second kappa shape index (κ2) is 14.6. The first-order chi connectivity index (χ1) is 20.6. The molecule has 43 heavy (non-hydrogen) atoms.